The summed E-state index contributed by atoms with van der Waals surface area (Å²) in [4.78, 5) is 52.6. The number of carbonyl (C=O) groups excluding carboxylic acids is 3. The van der Waals surface area contributed by atoms with Crippen molar-refractivity contribution in [3.05, 3.63) is 66.6 Å². The number of benzene rings is 1. The molecule has 0 aliphatic rings. The number of aromatic amines is 2. The number of carbonyl (C=O) groups is 3. The molecule has 156 valence electrons. The number of hydrogen-bond donors (Lipinski definition) is 4. The smallest absolute Gasteiger partial charge is 0.244 e. The first-order valence-electron chi connectivity index (χ1n) is 9.34. The fourth-order valence-corrected chi connectivity index (χ4v) is 3.18. The molecule has 0 fully saturated rings. The van der Waals surface area contributed by atoms with E-state index in [1.54, 1.807) is 6.20 Å². The minimum atomic E-state index is -0.966. The molecule has 30 heavy (non-hydrogen) atoms. The van der Waals surface area contributed by atoms with Gasteiger partial charge in [0.25, 0.3) is 0 Å². The fraction of sp³-hybridized carbons (Fsp3) is 0.250. The van der Waals surface area contributed by atoms with Crippen molar-refractivity contribution in [3.8, 4) is 0 Å². The summed E-state index contributed by atoms with van der Waals surface area (Å²) < 4.78 is 0. The van der Waals surface area contributed by atoms with Crippen LogP contribution in [0.2, 0.25) is 0 Å². The molecule has 0 saturated heterocycles. The zero-order valence-electron chi connectivity index (χ0n) is 16.4. The number of anilines is 1. The van der Waals surface area contributed by atoms with Gasteiger partial charge in [0, 0.05) is 31.7 Å². The molecule has 1 aromatic carbocycles. The van der Waals surface area contributed by atoms with E-state index < -0.39 is 23.9 Å². The van der Waals surface area contributed by atoms with Gasteiger partial charge in [-0.2, -0.15) is 0 Å². The molecule has 3 rings (SSSR count). The zero-order chi connectivity index (χ0) is 21.5. The van der Waals surface area contributed by atoms with E-state index in [2.05, 4.69) is 25.3 Å². The average Bonchev–Trinajstić information content (AvgIpc) is 3.41. The van der Waals surface area contributed by atoms with E-state index in [4.69, 9.17) is 5.73 Å². The SMILES string of the molecule is CC(=O)N(c1cnc[nH]1)[C@@H](Cc1ccccc1)C(=O)N[C@@H](Cc1cnc[nH]1)C(N)=O. The Balaban J connectivity index is 1.88. The van der Waals surface area contributed by atoms with Gasteiger partial charge in [0.05, 0.1) is 18.9 Å². The summed E-state index contributed by atoms with van der Waals surface area (Å²) in [6.45, 7) is 1.36. The number of primary amides is 1. The predicted octanol–water partition coefficient (Wildman–Crippen LogP) is 0.310. The molecule has 0 bridgehead atoms. The van der Waals surface area contributed by atoms with Crippen LogP contribution in [0, 0.1) is 0 Å². The Morgan fingerprint density at radius 3 is 2.33 bits per heavy atom. The fourth-order valence-electron chi connectivity index (χ4n) is 3.18. The summed E-state index contributed by atoms with van der Waals surface area (Å²) in [6.07, 6.45) is 6.30. The molecule has 0 radical (unpaired) electrons. The molecule has 0 aliphatic heterocycles. The second kappa shape index (κ2) is 9.50. The van der Waals surface area contributed by atoms with E-state index in [0.717, 1.165) is 5.56 Å². The molecule has 0 saturated carbocycles. The first-order chi connectivity index (χ1) is 14.5. The third-order valence-electron chi connectivity index (χ3n) is 4.61. The van der Waals surface area contributed by atoms with E-state index in [1.807, 2.05) is 30.3 Å². The summed E-state index contributed by atoms with van der Waals surface area (Å²) in [5.74, 6) is -1.17. The number of nitrogens with zero attached hydrogens (tertiary/aromatic N) is 3. The van der Waals surface area contributed by atoms with Crippen molar-refractivity contribution in [1.29, 1.82) is 0 Å². The van der Waals surface area contributed by atoms with Gasteiger partial charge < -0.3 is 21.0 Å². The van der Waals surface area contributed by atoms with Crippen LogP contribution in [-0.2, 0) is 27.2 Å². The van der Waals surface area contributed by atoms with Crippen LogP contribution in [0.25, 0.3) is 0 Å². The van der Waals surface area contributed by atoms with Gasteiger partial charge >= 0.3 is 0 Å². The highest BCUT2D eigenvalue weighted by Crippen LogP contribution is 2.18. The Kier molecular flexibility index (Phi) is 6.58. The second-order valence-corrected chi connectivity index (χ2v) is 6.78. The monoisotopic (exact) mass is 409 g/mol. The molecule has 3 aromatic rings. The van der Waals surface area contributed by atoms with Gasteiger partial charge in [0.15, 0.2) is 0 Å². The van der Waals surface area contributed by atoms with Crippen molar-refractivity contribution in [2.24, 2.45) is 5.73 Å². The molecule has 2 heterocycles. The van der Waals surface area contributed by atoms with Gasteiger partial charge in [0.2, 0.25) is 17.7 Å². The Morgan fingerprint density at radius 1 is 1.07 bits per heavy atom. The van der Waals surface area contributed by atoms with E-state index in [9.17, 15) is 14.4 Å². The summed E-state index contributed by atoms with van der Waals surface area (Å²) in [5.41, 5.74) is 7.00. The van der Waals surface area contributed by atoms with Crippen LogP contribution in [0.15, 0.2) is 55.4 Å². The number of nitrogens with two attached hydrogens (primary N) is 1. The Labute approximate surface area is 172 Å². The molecular weight excluding hydrogens is 386 g/mol. The van der Waals surface area contributed by atoms with Gasteiger partial charge in [-0.3, -0.25) is 19.3 Å². The van der Waals surface area contributed by atoms with Gasteiger partial charge in [-0.1, -0.05) is 30.3 Å². The largest absolute Gasteiger partial charge is 0.368 e. The Bertz CT molecular complexity index is 971. The third kappa shape index (κ3) is 5.10. The van der Waals surface area contributed by atoms with Crippen LogP contribution in [0.3, 0.4) is 0 Å². The minimum absolute atomic E-state index is 0.156. The Hall–Kier alpha value is -3.95. The molecule has 3 amide bonds. The molecule has 10 heteroatoms. The zero-order valence-corrected chi connectivity index (χ0v) is 16.4. The van der Waals surface area contributed by atoms with Crippen LogP contribution in [0.4, 0.5) is 5.82 Å². The third-order valence-corrected chi connectivity index (χ3v) is 4.61. The minimum Gasteiger partial charge on any atom is -0.368 e. The molecule has 0 aliphatic carbocycles. The number of nitrogens with one attached hydrogen (secondary N) is 3. The standard InChI is InChI=1S/C20H23N7O3/c1-13(28)27(18-10-23-12-25-18)17(7-14-5-3-2-4-6-14)20(30)26-16(19(21)29)8-15-9-22-11-24-15/h2-6,9-12,16-17H,7-8H2,1H3,(H2,21,29)(H,22,24)(H,23,25)(H,26,30)/t16-,17-/m0/s1. The van der Waals surface area contributed by atoms with Crippen molar-refractivity contribution in [1.82, 2.24) is 25.3 Å². The van der Waals surface area contributed by atoms with Crippen LogP contribution >= 0.6 is 0 Å². The first-order valence-corrected chi connectivity index (χ1v) is 9.34. The van der Waals surface area contributed by atoms with Crippen LogP contribution < -0.4 is 16.0 Å². The highest BCUT2D eigenvalue weighted by Gasteiger charge is 2.32. The molecule has 0 spiro atoms. The summed E-state index contributed by atoms with van der Waals surface area (Å²) in [6, 6.07) is 7.40. The lowest BCUT2D eigenvalue weighted by Gasteiger charge is -2.30. The lowest BCUT2D eigenvalue weighted by Crippen LogP contribution is -2.55. The van der Waals surface area contributed by atoms with E-state index in [-0.39, 0.29) is 18.7 Å². The quantitative estimate of drug-likeness (QED) is 0.401. The van der Waals surface area contributed by atoms with Crippen molar-refractivity contribution in [2.75, 3.05) is 4.90 Å². The average molecular weight is 409 g/mol. The number of H-pyrrole nitrogens is 2. The molecule has 2 aromatic heterocycles. The highest BCUT2D eigenvalue weighted by atomic mass is 16.2. The topological polar surface area (TPSA) is 150 Å². The first kappa shape index (κ1) is 20.8. The van der Waals surface area contributed by atoms with Gasteiger partial charge in [-0.15, -0.1) is 0 Å². The summed E-state index contributed by atoms with van der Waals surface area (Å²) >= 11 is 0. The van der Waals surface area contributed by atoms with E-state index in [0.29, 0.717) is 11.5 Å². The lowest BCUT2D eigenvalue weighted by atomic mass is 10.0. The van der Waals surface area contributed by atoms with Gasteiger partial charge in [-0.05, 0) is 5.56 Å². The highest BCUT2D eigenvalue weighted by molar-refractivity contribution is 6.00. The number of aromatic nitrogens is 4. The number of hydrogen-bond acceptors (Lipinski definition) is 5. The molecule has 0 unspecified atom stereocenters. The number of rotatable bonds is 9. The second-order valence-electron chi connectivity index (χ2n) is 6.78. The van der Waals surface area contributed by atoms with Crippen molar-refractivity contribution < 1.29 is 14.4 Å². The molecule has 10 nitrogen and oxygen atoms in total. The Morgan fingerprint density at radius 2 is 1.77 bits per heavy atom. The maximum atomic E-state index is 13.3. The van der Waals surface area contributed by atoms with E-state index in [1.165, 1.54) is 30.7 Å². The van der Waals surface area contributed by atoms with Crippen molar-refractivity contribution in [3.63, 3.8) is 0 Å². The molecule has 2 atom stereocenters. The summed E-state index contributed by atoms with van der Waals surface area (Å²) in [5, 5.41) is 2.68. The maximum Gasteiger partial charge on any atom is 0.244 e. The predicted molar refractivity (Wildman–Crippen MR) is 109 cm³/mol. The lowest BCUT2D eigenvalue weighted by molar-refractivity contribution is -0.129. The molecule has 5 N–H and O–H groups in total. The van der Waals surface area contributed by atoms with Crippen molar-refractivity contribution in [2.45, 2.75) is 31.8 Å². The number of amides is 3. The summed E-state index contributed by atoms with van der Waals surface area (Å²) in [7, 11) is 0. The molecular formula is C20H23N7O3. The number of imidazole rings is 2. The van der Waals surface area contributed by atoms with Crippen LogP contribution in [0.5, 0.6) is 0 Å². The van der Waals surface area contributed by atoms with E-state index >= 15 is 0 Å². The van der Waals surface area contributed by atoms with Crippen molar-refractivity contribution >= 4 is 23.5 Å². The van der Waals surface area contributed by atoms with Gasteiger partial charge in [-0.25, -0.2) is 9.97 Å². The van der Waals surface area contributed by atoms with Crippen LogP contribution in [0.1, 0.15) is 18.2 Å². The maximum absolute atomic E-state index is 13.3. The van der Waals surface area contributed by atoms with Crippen LogP contribution in [-0.4, -0.2) is 49.7 Å². The van der Waals surface area contributed by atoms with Gasteiger partial charge in [0.1, 0.15) is 17.9 Å². The normalized spacial score (nSPS) is 12.7.